The Bertz CT molecular complexity index is 515. The van der Waals surface area contributed by atoms with Gasteiger partial charge in [0.1, 0.15) is 0 Å². The average Bonchev–Trinajstić information content (AvgIpc) is 2.74. The third kappa shape index (κ3) is 5.22. The molecule has 31 heavy (non-hydrogen) atoms. The standard InChI is InChI=1S/C26H46.C3H8.CH4O/c1-6-7-10-20-18(2)11-13-23-21(20)12-14-24-25(4)16-8-9-19(3)22(25)15-17-26(23,24)5;1-3-2;1-2/h18-24H,6-17H2,1-5H3;3H2,1-2H3;2H,1H3. The van der Waals surface area contributed by atoms with Crippen molar-refractivity contribution in [1.82, 2.24) is 0 Å². The number of hydrogen-bond donors (Lipinski definition) is 1. The Morgan fingerprint density at radius 1 is 0.742 bits per heavy atom. The van der Waals surface area contributed by atoms with E-state index in [1.165, 1.54) is 51.4 Å². The molecule has 0 heterocycles. The lowest BCUT2D eigenvalue weighted by Gasteiger charge is -2.67. The monoisotopic (exact) mass is 434 g/mol. The highest BCUT2D eigenvalue weighted by molar-refractivity contribution is 5.10. The zero-order valence-corrected chi connectivity index (χ0v) is 22.7. The molecule has 4 fully saturated rings. The molecule has 0 amide bonds. The van der Waals surface area contributed by atoms with Crippen molar-refractivity contribution in [1.29, 1.82) is 0 Å². The van der Waals surface area contributed by atoms with Crippen molar-refractivity contribution in [2.45, 2.75) is 132 Å². The highest BCUT2D eigenvalue weighted by Crippen LogP contribution is 2.69. The van der Waals surface area contributed by atoms with Gasteiger partial charge in [0.15, 0.2) is 0 Å². The molecule has 1 nitrogen and oxygen atoms in total. The number of aliphatic hydroxyl groups excluding tert-OH is 1. The summed E-state index contributed by atoms with van der Waals surface area (Å²) in [5, 5.41) is 7.00. The predicted molar refractivity (Wildman–Crippen MR) is 137 cm³/mol. The van der Waals surface area contributed by atoms with Crippen LogP contribution in [0.25, 0.3) is 0 Å². The summed E-state index contributed by atoms with van der Waals surface area (Å²) < 4.78 is 0. The van der Waals surface area contributed by atoms with Crippen molar-refractivity contribution >= 4 is 0 Å². The second-order valence-corrected chi connectivity index (χ2v) is 12.5. The second-order valence-electron chi connectivity index (χ2n) is 12.5. The Hall–Kier alpha value is -0.0400. The summed E-state index contributed by atoms with van der Waals surface area (Å²) in [5.74, 6) is 7.19. The summed E-state index contributed by atoms with van der Waals surface area (Å²) >= 11 is 0. The van der Waals surface area contributed by atoms with E-state index in [1.54, 1.807) is 32.1 Å². The molecule has 4 rings (SSSR count). The van der Waals surface area contributed by atoms with Gasteiger partial charge in [0.05, 0.1) is 0 Å². The van der Waals surface area contributed by atoms with E-state index in [0.717, 1.165) is 48.5 Å². The first-order valence-corrected chi connectivity index (χ1v) is 14.3. The number of rotatable bonds is 3. The number of aliphatic hydroxyl groups is 1. The summed E-state index contributed by atoms with van der Waals surface area (Å²) in [4.78, 5) is 0. The maximum Gasteiger partial charge on any atom is 0.0319 e. The van der Waals surface area contributed by atoms with E-state index < -0.39 is 0 Å². The molecular formula is C30H58O. The molecule has 0 spiro atoms. The van der Waals surface area contributed by atoms with Crippen molar-refractivity contribution in [3.63, 3.8) is 0 Å². The van der Waals surface area contributed by atoms with E-state index in [0.29, 0.717) is 10.8 Å². The number of hydrogen-bond acceptors (Lipinski definition) is 1. The quantitative estimate of drug-likeness (QED) is 0.469. The van der Waals surface area contributed by atoms with Crippen LogP contribution < -0.4 is 0 Å². The molecule has 0 aliphatic heterocycles. The number of unbranched alkanes of at least 4 members (excludes halogenated alkanes) is 1. The average molecular weight is 435 g/mol. The summed E-state index contributed by atoms with van der Waals surface area (Å²) in [6, 6.07) is 0. The van der Waals surface area contributed by atoms with Crippen LogP contribution in [0.1, 0.15) is 132 Å². The van der Waals surface area contributed by atoms with E-state index in [2.05, 4.69) is 48.5 Å². The van der Waals surface area contributed by atoms with Crippen molar-refractivity contribution < 1.29 is 5.11 Å². The summed E-state index contributed by atoms with van der Waals surface area (Å²) in [6.07, 6.45) is 19.5. The molecule has 0 aromatic carbocycles. The third-order valence-corrected chi connectivity index (χ3v) is 10.8. The molecule has 4 saturated carbocycles. The van der Waals surface area contributed by atoms with E-state index in [-0.39, 0.29) is 0 Å². The molecule has 184 valence electrons. The normalized spacial score (nSPS) is 46.2. The topological polar surface area (TPSA) is 20.2 Å². The molecule has 4 aliphatic rings. The van der Waals surface area contributed by atoms with Crippen molar-refractivity contribution in [3.05, 3.63) is 0 Å². The SMILES string of the molecule is CCC.CCCCC1C(C)CCC2C1CCC1C3(C)CCCC(C)C3CCC21C.CO. The Morgan fingerprint density at radius 3 is 2.03 bits per heavy atom. The molecule has 0 aromatic heterocycles. The highest BCUT2D eigenvalue weighted by atomic mass is 16.2. The zero-order chi connectivity index (χ0) is 23.2. The van der Waals surface area contributed by atoms with Gasteiger partial charge in [-0.1, -0.05) is 87.0 Å². The molecule has 9 atom stereocenters. The van der Waals surface area contributed by atoms with Crippen molar-refractivity contribution in [2.24, 2.45) is 52.3 Å². The highest BCUT2D eigenvalue weighted by Gasteiger charge is 2.61. The first kappa shape index (κ1) is 27.2. The molecule has 0 bridgehead atoms. The van der Waals surface area contributed by atoms with Crippen LogP contribution in [0.15, 0.2) is 0 Å². The predicted octanol–water partition coefficient (Wildman–Crippen LogP) is 9.13. The molecule has 0 radical (unpaired) electrons. The minimum absolute atomic E-state index is 0.663. The van der Waals surface area contributed by atoms with Crippen LogP contribution in [0.2, 0.25) is 0 Å². The Balaban J connectivity index is 0.000000630. The molecule has 9 unspecified atom stereocenters. The van der Waals surface area contributed by atoms with Crippen LogP contribution in [-0.4, -0.2) is 12.2 Å². The van der Waals surface area contributed by atoms with Gasteiger partial charge in [-0.05, 0) is 97.2 Å². The van der Waals surface area contributed by atoms with E-state index in [1.807, 2.05) is 0 Å². The molecule has 1 N–H and O–H groups in total. The van der Waals surface area contributed by atoms with Gasteiger partial charge in [0.25, 0.3) is 0 Å². The largest absolute Gasteiger partial charge is 0.400 e. The van der Waals surface area contributed by atoms with E-state index in [9.17, 15) is 0 Å². The smallest absolute Gasteiger partial charge is 0.0319 e. The van der Waals surface area contributed by atoms with Gasteiger partial charge in [-0.15, -0.1) is 0 Å². The minimum atomic E-state index is 0.663. The van der Waals surface area contributed by atoms with Gasteiger partial charge in [-0.3, -0.25) is 0 Å². The van der Waals surface area contributed by atoms with Crippen LogP contribution in [0.5, 0.6) is 0 Å². The lowest BCUT2D eigenvalue weighted by atomic mass is 9.38. The van der Waals surface area contributed by atoms with Crippen LogP contribution in [0, 0.1) is 52.3 Å². The van der Waals surface area contributed by atoms with Crippen LogP contribution in [0.4, 0.5) is 0 Å². The number of fused-ring (bicyclic) bond motifs is 5. The van der Waals surface area contributed by atoms with Gasteiger partial charge in [0.2, 0.25) is 0 Å². The Kier molecular flexibility index (Phi) is 10.4. The molecule has 4 aliphatic carbocycles. The molecule has 0 aromatic rings. The van der Waals surface area contributed by atoms with Crippen molar-refractivity contribution in [2.75, 3.05) is 7.11 Å². The van der Waals surface area contributed by atoms with E-state index in [4.69, 9.17) is 5.11 Å². The van der Waals surface area contributed by atoms with Crippen LogP contribution in [-0.2, 0) is 0 Å². The Labute approximate surface area is 196 Å². The van der Waals surface area contributed by atoms with Gasteiger partial charge < -0.3 is 5.11 Å². The summed E-state index contributed by atoms with van der Waals surface area (Å²) in [6.45, 7) is 17.3. The van der Waals surface area contributed by atoms with Crippen molar-refractivity contribution in [3.8, 4) is 0 Å². The minimum Gasteiger partial charge on any atom is -0.400 e. The second kappa shape index (κ2) is 11.9. The van der Waals surface area contributed by atoms with Crippen LogP contribution in [0.3, 0.4) is 0 Å². The lowest BCUT2D eigenvalue weighted by Crippen LogP contribution is -2.59. The summed E-state index contributed by atoms with van der Waals surface area (Å²) in [5.41, 5.74) is 1.33. The third-order valence-electron chi connectivity index (χ3n) is 10.8. The first-order chi connectivity index (χ1) is 14.8. The molecule has 0 saturated heterocycles. The zero-order valence-electron chi connectivity index (χ0n) is 22.7. The molecular weight excluding hydrogens is 376 g/mol. The van der Waals surface area contributed by atoms with Gasteiger partial charge in [-0.2, -0.15) is 0 Å². The van der Waals surface area contributed by atoms with Gasteiger partial charge >= 0.3 is 0 Å². The van der Waals surface area contributed by atoms with E-state index >= 15 is 0 Å². The van der Waals surface area contributed by atoms with Gasteiger partial charge in [-0.25, -0.2) is 0 Å². The fourth-order valence-electron chi connectivity index (χ4n) is 9.51. The Morgan fingerprint density at radius 2 is 1.39 bits per heavy atom. The maximum absolute atomic E-state index is 7.00. The fraction of sp³-hybridized carbons (Fsp3) is 1.00. The lowest BCUT2D eigenvalue weighted by molar-refractivity contribution is -0.176. The maximum atomic E-state index is 7.00. The molecule has 1 heteroatoms. The van der Waals surface area contributed by atoms with Crippen LogP contribution >= 0.6 is 0 Å². The first-order valence-electron chi connectivity index (χ1n) is 14.3. The fourth-order valence-corrected chi connectivity index (χ4v) is 9.51. The summed E-state index contributed by atoms with van der Waals surface area (Å²) in [7, 11) is 1.00. The van der Waals surface area contributed by atoms with Gasteiger partial charge in [0, 0.05) is 7.11 Å².